The molecule has 0 aliphatic rings. The van der Waals surface area contributed by atoms with Gasteiger partial charge in [-0.1, -0.05) is 36.4 Å². The summed E-state index contributed by atoms with van der Waals surface area (Å²) in [7, 11) is 0. The first kappa shape index (κ1) is 19.5. The molecule has 10 heteroatoms. The van der Waals surface area contributed by atoms with Crippen LogP contribution in [0.5, 0.6) is 0 Å². The number of aromatic amines is 2. The first-order valence-electron chi connectivity index (χ1n) is 9.31. The van der Waals surface area contributed by atoms with Gasteiger partial charge in [0, 0.05) is 24.4 Å². The molecule has 152 valence electrons. The smallest absolute Gasteiger partial charge is 0.264 e. The Labute approximate surface area is 176 Å². The van der Waals surface area contributed by atoms with E-state index in [1.165, 1.54) is 12.3 Å². The van der Waals surface area contributed by atoms with Crippen LogP contribution in [-0.2, 0) is 6.54 Å². The lowest BCUT2D eigenvalue weighted by molar-refractivity contribution is 0.881. The van der Waals surface area contributed by atoms with Crippen molar-refractivity contribution in [2.75, 3.05) is 10.6 Å². The van der Waals surface area contributed by atoms with Gasteiger partial charge < -0.3 is 10.6 Å². The Bertz CT molecular complexity index is 1270. The molecule has 0 fully saturated rings. The van der Waals surface area contributed by atoms with E-state index in [0.717, 1.165) is 16.8 Å². The number of hydrogen-bond donors (Lipinski definition) is 4. The lowest BCUT2D eigenvalue weighted by atomic mass is 10.1. The predicted octanol–water partition coefficient (Wildman–Crippen LogP) is 2.54. The van der Waals surface area contributed by atoms with E-state index in [9.17, 15) is 10.1 Å². The molecule has 0 saturated heterocycles. The number of tetrazole rings is 1. The molecule has 10 nitrogen and oxygen atoms in total. The molecular weight excluding hydrogens is 394 g/mol. The molecule has 0 amide bonds. The van der Waals surface area contributed by atoms with Gasteiger partial charge in [-0.05, 0) is 29.0 Å². The summed E-state index contributed by atoms with van der Waals surface area (Å²) in [5, 5.41) is 35.9. The molecule has 4 rings (SSSR count). The zero-order valence-corrected chi connectivity index (χ0v) is 16.2. The summed E-state index contributed by atoms with van der Waals surface area (Å²) in [5.74, 6) is 0.187. The molecule has 0 spiro atoms. The van der Waals surface area contributed by atoms with Crippen molar-refractivity contribution in [1.82, 2.24) is 30.8 Å². The molecule has 2 aromatic heterocycles. The van der Waals surface area contributed by atoms with E-state index >= 15 is 0 Å². The zero-order valence-electron chi connectivity index (χ0n) is 16.2. The lowest BCUT2D eigenvalue weighted by Crippen LogP contribution is -2.06. The topological polar surface area (TPSA) is 148 Å². The summed E-state index contributed by atoms with van der Waals surface area (Å²) in [6.45, 7) is 0.617. The maximum Gasteiger partial charge on any atom is 0.264 e. The molecule has 0 aliphatic carbocycles. The number of benzene rings is 2. The molecule has 2 aromatic carbocycles. The SMILES string of the molecule is N#CC(=CNc1cc(-c2ccc(=O)[nH]n2)ccc1NCc1ccccc1)c1nn[nH]n1. The Morgan fingerprint density at radius 3 is 2.65 bits per heavy atom. The van der Waals surface area contributed by atoms with E-state index in [2.05, 4.69) is 41.5 Å². The first-order valence-corrected chi connectivity index (χ1v) is 9.31. The number of nitrogens with zero attached hydrogens (tertiary/aromatic N) is 5. The van der Waals surface area contributed by atoms with Crippen LogP contribution in [0, 0.1) is 11.3 Å². The van der Waals surface area contributed by atoms with Gasteiger partial charge in [-0.25, -0.2) is 5.10 Å². The van der Waals surface area contributed by atoms with E-state index in [1.54, 1.807) is 6.07 Å². The number of allylic oxidation sites excluding steroid dienone is 1. The summed E-state index contributed by atoms with van der Waals surface area (Å²) in [4.78, 5) is 11.3. The Hall–Kier alpha value is -4.78. The Balaban J connectivity index is 1.65. The fourth-order valence-corrected chi connectivity index (χ4v) is 2.85. The monoisotopic (exact) mass is 411 g/mol. The Kier molecular flexibility index (Phi) is 5.76. The van der Waals surface area contributed by atoms with Crippen molar-refractivity contribution in [2.45, 2.75) is 6.54 Å². The van der Waals surface area contributed by atoms with Crippen molar-refractivity contribution in [3.05, 3.63) is 88.6 Å². The van der Waals surface area contributed by atoms with Crippen molar-refractivity contribution < 1.29 is 0 Å². The average molecular weight is 411 g/mol. The van der Waals surface area contributed by atoms with Crippen LogP contribution in [0.2, 0.25) is 0 Å². The Morgan fingerprint density at radius 1 is 1.06 bits per heavy atom. The number of anilines is 2. The molecule has 0 aliphatic heterocycles. The van der Waals surface area contributed by atoms with E-state index in [4.69, 9.17) is 0 Å². The maximum atomic E-state index is 11.3. The number of aromatic nitrogens is 6. The van der Waals surface area contributed by atoms with E-state index in [-0.39, 0.29) is 17.0 Å². The van der Waals surface area contributed by atoms with Crippen LogP contribution in [0.4, 0.5) is 11.4 Å². The average Bonchev–Trinajstić information content (AvgIpc) is 3.34. The zero-order chi connectivity index (χ0) is 21.5. The highest BCUT2D eigenvalue weighted by atomic mass is 16.1. The van der Waals surface area contributed by atoms with Gasteiger partial charge >= 0.3 is 0 Å². The summed E-state index contributed by atoms with van der Waals surface area (Å²) < 4.78 is 0. The summed E-state index contributed by atoms with van der Waals surface area (Å²) in [6.07, 6.45) is 1.51. The third-order valence-corrected chi connectivity index (χ3v) is 4.40. The summed E-state index contributed by atoms with van der Waals surface area (Å²) in [5.41, 5.74) is 3.99. The molecule has 0 radical (unpaired) electrons. The van der Waals surface area contributed by atoms with Gasteiger partial charge in [0.25, 0.3) is 5.56 Å². The third-order valence-electron chi connectivity index (χ3n) is 4.40. The highest BCUT2D eigenvalue weighted by Crippen LogP contribution is 2.29. The van der Waals surface area contributed by atoms with E-state index in [1.807, 2.05) is 54.6 Å². The first-order chi connectivity index (χ1) is 15.2. The second-order valence-corrected chi connectivity index (χ2v) is 6.46. The fourth-order valence-electron chi connectivity index (χ4n) is 2.85. The molecule has 0 unspecified atom stereocenters. The molecule has 4 N–H and O–H groups in total. The lowest BCUT2D eigenvalue weighted by Gasteiger charge is -2.14. The number of rotatable bonds is 7. The predicted molar refractivity (Wildman–Crippen MR) is 115 cm³/mol. The standard InChI is InChI=1S/C21H17N9O/c22-11-16(21-27-29-30-28-21)13-24-19-10-15(17-8-9-20(31)26-25-17)6-7-18(19)23-12-14-4-2-1-3-5-14/h1-10,13,23-24H,12H2,(H,26,31)(H,27,28,29,30). The highest BCUT2D eigenvalue weighted by molar-refractivity contribution is 5.80. The fraction of sp³-hybridized carbons (Fsp3) is 0.0476. The number of hydrogen-bond acceptors (Lipinski definition) is 8. The van der Waals surface area contributed by atoms with Crippen molar-refractivity contribution >= 4 is 16.9 Å². The minimum Gasteiger partial charge on any atom is -0.379 e. The van der Waals surface area contributed by atoms with Crippen molar-refractivity contribution in [3.8, 4) is 17.3 Å². The maximum absolute atomic E-state index is 11.3. The van der Waals surface area contributed by atoms with E-state index < -0.39 is 0 Å². The van der Waals surface area contributed by atoms with Crippen molar-refractivity contribution in [1.29, 1.82) is 5.26 Å². The molecular formula is C21H17N9O. The molecule has 0 bridgehead atoms. The van der Waals surface area contributed by atoms with Crippen LogP contribution in [0.15, 0.2) is 71.7 Å². The van der Waals surface area contributed by atoms with Gasteiger partial charge in [-0.3, -0.25) is 4.79 Å². The van der Waals surface area contributed by atoms with Gasteiger partial charge in [-0.15, -0.1) is 10.2 Å². The quantitative estimate of drug-likeness (QED) is 0.339. The van der Waals surface area contributed by atoms with Crippen LogP contribution < -0.4 is 16.2 Å². The van der Waals surface area contributed by atoms with Gasteiger partial charge in [-0.2, -0.15) is 15.6 Å². The van der Waals surface area contributed by atoms with Crippen LogP contribution >= 0.6 is 0 Å². The minimum absolute atomic E-state index is 0.187. The Morgan fingerprint density at radius 2 is 1.94 bits per heavy atom. The summed E-state index contributed by atoms with van der Waals surface area (Å²) in [6, 6.07) is 20.8. The van der Waals surface area contributed by atoms with E-state index in [0.29, 0.717) is 17.9 Å². The third kappa shape index (κ3) is 4.80. The molecule has 4 aromatic rings. The van der Waals surface area contributed by atoms with Gasteiger partial charge in [0.2, 0.25) is 5.82 Å². The molecule has 31 heavy (non-hydrogen) atoms. The molecule has 0 atom stereocenters. The minimum atomic E-state index is -0.273. The second-order valence-electron chi connectivity index (χ2n) is 6.46. The van der Waals surface area contributed by atoms with Crippen molar-refractivity contribution in [3.63, 3.8) is 0 Å². The highest BCUT2D eigenvalue weighted by Gasteiger charge is 2.09. The largest absolute Gasteiger partial charge is 0.379 e. The van der Waals surface area contributed by atoms with Crippen LogP contribution in [-0.4, -0.2) is 30.8 Å². The number of nitrogens with one attached hydrogen (secondary N) is 4. The van der Waals surface area contributed by atoms with Crippen molar-refractivity contribution in [2.24, 2.45) is 0 Å². The molecule has 2 heterocycles. The second kappa shape index (κ2) is 9.15. The summed E-state index contributed by atoms with van der Waals surface area (Å²) >= 11 is 0. The number of nitriles is 1. The number of H-pyrrole nitrogens is 2. The van der Waals surface area contributed by atoms with Crippen LogP contribution in [0.1, 0.15) is 11.4 Å². The van der Waals surface area contributed by atoms with Gasteiger partial charge in [0.05, 0.1) is 17.1 Å². The van der Waals surface area contributed by atoms with Gasteiger partial charge in [0.1, 0.15) is 11.6 Å². The van der Waals surface area contributed by atoms with Gasteiger partial charge in [0.15, 0.2) is 0 Å². The normalized spacial score (nSPS) is 11.0. The van der Waals surface area contributed by atoms with Crippen LogP contribution in [0.3, 0.4) is 0 Å². The molecule has 0 saturated carbocycles. The van der Waals surface area contributed by atoms with Crippen LogP contribution in [0.25, 0.3) is 16.8 Å².